The Balaban J connectivity index is 3.53. The second kappa shape index (κ2) is 5.22. The largest absolute Gasteiger partial charge is 0.354 e. The van der Waals surface area contributed by atoms with E-state index in [1.807, 2.05) is 13.8 Å². The van der Waals surface area contributed by atoms with E-state index < -0.39 is 0 Å². The summed E-state index contributed by atoms with van der Waals surface area (Å²) in [6.07, 6.45) is 0. The average Bonchev–Trinajstić information content (AvgIpc) is 1.95. The van der Waals surface area contributed by atoms with E-state index in [9.17, 15) is 4.79 Å². The van der Waals surface area contributed by atoms with Crippen molar-refractivity contribution in [1.29, 1.82) is 0 Å². The van der Waals surface area contributed by atoms with E-state index in [1.165, 1.54) is 0 Å². The fraction of sp³-hybridized carbons (Fsp3) is 0.900. The van der Waals surface area contributed by atoms with E-state index in [2.05, 4.69) is 31.4 Å². The zero-order valence-electron chi connectivity index (χ0n) is 9.40. The molecular weight excluding hydrogens is 164 g/mol. The van der Waals surface area contributed by atoms with E-state index in [-0.39, 0.29) is 11.3 Å². The van der Waals surface area contributed by atoms with Gasteiger partial charge in [0.1, 0.15) is 0 Å². The third kappa shape index (κ3) is 9.34. The highest BCUT2D eigenvalue weighted by atomic mass is 16.1. The minimum absolute atomic E-state index is 0.0728. The third-order valence-corrected chi connectivity index (χ3v) is 1.49. The van der Waals surface area contributed by atoms with Gasteiger partial charge in [0.05, 0.1) is 6.54 Å². The molecule has 0 aromatic rings. The van der Waals surface area contributed by atoms with Crippen LogP contribution >= 0.6 is 0 Å². The van der Waals surface area contributed by atoms with Gasteiger partial charge in [-0.25, -0.2) is 0 Å². The average molecular weight is 186 g/mol. The monoisotopic (exact) mass is 186 g/mol. The predicted octanol–water partition coefficient (Wildman–Crippen LogP) is 1.15. The van der Waals surface area contributed by atoms with Crippen molar-refractivity contribution in [3.8, 4) is 0 Å². The summed E-state index contributed by atoms with van der Waals surface area (Å²) in [6.45, 7) is 11.5. The topological polar surface area (TPSA) is 41.1 Å². The summed E-state index contributed by atoms with van der Waals surface area (Å²) in [5, 5.41) is 5.95. The number of rotatable bonds is 4. The van der Waals surface area contributed by atoms with Crippen molar-refractivity contribution in [1.82, 2.24) is 10.6 Å². The Bertz CT molecular complexity index is 159. The number of hydrogen-bond donors (Lipinski definition) is 2. The maximum absolute atomic E-state index is 11.2. The molecule has 0 radical (unpaired) electrons. The number of carbonyl (C=O) groups is 1. The van der Waals surface area contributed by atoms with Gasteiger partial charge in [0, 0.05) is 12.6 Å². The van der Waals surface area contributed by atoms with Crippen LogP contribution in [0, 0.1) is 5.41 Å². The summed E-state index contributed by atoms with van der Waals surface area (Å²) < 4.78 is 0. The van der Waals surface area contributed by atoms with Crippen molar-refractivity contribution in [3.05, 3.63) is 0 Å². The smallest absolute Gasteiger partial charge is 0.233 e. The molecule has 3 nitrogen and oxygen atoms in total. The number of carbonyl (C=O) groups excluding carboxylic acids is 1. The normalized spacial score (nSPS) is 11.8. The summed E-state index contributed by atoms with van der Waals surface area (Å²) in [6, 6.07) is 0.361. The molecule has 0 spiro atoms. The van der Waals surface area contributed by atoms with Crippen molar-refractivity contribution in [2.75, 3.05) is 13.1 Å². The van der Waals surface area contributed by atoms with Crippen LogP contribution in [0.4, 0.5) is 0 Å². The second-order valence-corrected chi connectivity index (χ2v) is 4.87. The van der Waals surface area contributed by atoms with Gasteiger partial charge in [0.2, 0.25) is 5.91 Å². The van der Waals surface area contributed by atoms with Crippen molar-refractivity contribution in [2.24, 2.45) is 5.41 Å². The molecule has 0 aliphatic carbocycles. The zero-order chi connectivity index (χ0) is 10.5. The predicted molar refractivity (Wildman–Crippen MR) is 55.6 cm³/mol. The lowest BCUT2D eigenvalue weighted by Gasteiger charge is -2.19. The van der Waals surface area contributed by atoms with Gasteiger partial charge in [-0.3, -0.25) is 4.79 Å². The Hall–Kier alpha value is -0.570. The third-order valence-electron chi connectivity index (χ3n) is 1.49. The SMILES string of the molecule is CC(C)NCC(=O)NCC(C)(C)C. The standard InChI is InChI=1S/C10H22N2O/c1-8(2)11-6-9(13)12-7-10(3,4)5/h8,11H,6-7H2,1-5H3,(H,12,13). The molecule has 0 atom stereocenters. The van der Waals surface area contributed by atoms with Gasteiger partial charge in [-0.15, -0.1) is 0 Å². The number of amides is 1. The summed E-state index contributed by atoms with van der Waals surface area (Å²) in [4.78, 5) is 11.2. The van der Waals surface area contributed by atoms with Crippen LogP contribution in [0.25, 0.3) is 0 Å². The minimum atomic E-state index is 0.0728. The Morgan fingerprint density at radius 1 is 1.31 bits per heavy atom. The van der Waals surface area contributed by atoms with Gasteiger partial charge in [-0.1, -0.05) is 34.6 Å². The molecule has 0 aromatic carbocycles. The molecule has 78 valence electrons. The van der Waals surface area contributed by atoms with Crippen molar-refractivity contribution in [3.63, 3.8) is 0 Å². The zero-order valence-corrected chi connectivity index (χ0v) is 9.40. The lowest BCUT2D eigenvalue weighted by atomic mass is 9.97. The van der Waals surface area contributed by atoms with Crippen LogP contribution in [-0.2, 0) is 4.79 Å². The molecular formula is C10H22N2O. The van der Waals surface area contributed by atoms with Crippen LogP contribution in [-0.4, -0.2) is 25.0 Å². The molecule has 3 heteroatoms. The first kappa shape index (κ1) is 12.4. The molecule has 1 amide bonds. The Labute approximate surface area is 81.3 Å². The van der Waals surface area contributed by atoms with Gasteiger partial charge in [0.15, 0.2) is 0 Å². The minimum Gasteiger partial charge on any atom is -0.354 e. The maximum atomic E-state index is 11.2. The van der Waals surface area contributed by atoms with Crippen LogP contribution in [0.5, 0.6) is 0 Å². The van der Waals surface area contributed by atoms with Crippen LogP contribution in [0.1, 0.15) is 34.6 Å². The van der Waals surface area contributed by atoms with E-state index in [0.717, 1.165) is 6.54 Å². The molecule has 0 bridgehead atoms. The van der Waals surface area contributed by atoms with Crippen LogP contribution in [0.15, 0.2) is 0 Å². The van der Waals surface area contributed by atoms with Gasteiger partial charge >= 0.3 is 0 Å². The molecule has 0 unspecified atom stereocenters. The highest BCUT2D eigenvalue weighted by molar-refractivity contribution is 5.78. The van der Waals surface area contributed by atoms with E-state index >= 15 is 0 Å². The highest BCUT2D eigenvalue weighted by Gasteiger charge is 2.11. The first-order chi connectivity index (χ1) is 5.81. The molecule has 13 heavy (non-hydrogen) atoms. The Kier molecular flexibility index (Phi) is 4.99. The Morgan fingerprint density at radius 2 is 1.85 bits per heavy atom. The number of hydrogen-bond acceptors (Lipinski definition) is 2. The van der Waals surface area contributed by atoms with Crippen LogP contribution < -0.4 is 10.6 Å². The molecule has 0 aromatic heterocycles. The molecule has 0 fully saturated rings. The lowest BCUT2D eigenvalue weighted by molar-refractivity contribution is -0.120. The summed E-state index contributed by atoms with van der Waals surface area (Å²) >= 11 is 0. The highest BCUT2D eigenvalue weighted by Crippen LogP contribution is 2.09. The number of nitrogens with one attached hydrogen (secondary N) is 2. The van der Waals surface area contributed by atoms with Crippen LogP contribution in [0.2, 0.25) is 0 Å². The first-order valence-corrected chi connectivity index (χ1v) is 4.81. The lowest BCUT2D eigenvalue weighted by Crippen LogP contribution is -2.40. The molecule has 0 aliphatic heterocycles. The first-order valence-electron chi connectivity index (χ1n) is 4.81. The quantitative estimate of drug-likeness (QED) is 0.691. The molecule has 0 heterocycles. The Morgan fingerprint density at radius 3 is 2.23 bits per heavy atom. The van der Waals surface area contributed by atoms with E-state index in [4.69, 9.17) is 0 Å². The fourth-order valence-electron chi connectivity index (χ4n) is 0.723. The summed E-state index contributed by atoms with van der Waals surface area (Å²) in [5.74, 6) is 0.0728. The van der Waals surface area contributed by atoms with E-state index in [1.54, 1.807) is 0 Å². The van der Waals surface area contributed by atoms with Crippen LogP contribution in [0.3, 0.4) is 0 Å². The van der Waals surface area contributed by atoms with Gasteiger partial charge in [-0.2, -0.15) is 0 Å². The second-order valence-electron chi connectivity index (χ2n) is 4.87. The van der Waals surface area contributed by atoms with Gasteiger partial charge in [-0.05, 0) is 5.41 Å². The molecule has 2 N–H and O–H groups in total. The van der Waals surface area contributed by atoms with Crippen molar-refractivity contribution < 1.29 is 4.79 Å². The molecule has 0 saturated heterocycles. The summed E-state index contributed by atoms with van der Waals surface area (Å²) in [5.41, 5.74) is 0.160. The molecule has 0 rings (SSSR count). The van der Waals surface area contributed by atoms with Crippen molar-refractivity contribution in [2.45, 2.75) is 40.7 Å². The van der Waals surface area contributed by atoms with Gasteiger partial charge in [0.25, 0.3) is 0 Å². The van der Waals surface area contributed by atoms with Gasteiger partial charge < -0.3 is 10.6 Å². The molecule has 0 aliphatic rings. The molecule has 0 saturated carbocycles. The van der Waals surface area contributed by atoms with E-state index in [0.29, 0.717) is 12.6 Å². The van der Waals surface area contributed by atoms with Crippen molar-refractivity contribution >= 4 is 5.91 Å². The summed E-state index contributed by atoms with van der Waals surface area (Å²) in [7, 11) is 0. The maximum Gasteiger partial charge on any atom is 0.233 e. The fourth-order valence-corrected chi connectivity index (χ4v) is 0.723.